The number of aliphatic hydroxyl groups is 1. The highest BCUT2D eigenvalue weighted by Gasteiger charge is 2.25. The Labute approximate surface area is 164 Å². The summed E-state index contributed by atoms with van der Waals surface area (Å²) in [6.07, 6.45) is -0.137. The molecule has 1 unspecified atom stereocenters. The highest BCUT2D eigenvalue weighted by atomic mass is 16.3. The molecule has 0 aliphatic carbocycles. The van der Waals surface area contributed by atoms with Gasteiger partial charge in [-0.25, -0.2) is 0 Å². The molecule has 0 radical (unpaired) electrons. The number of amides is 2. The molecule has 0 aromatic heterocycles. The minimum Gasteiger partial charge on any atom is -0.374 e. The van der Waals surface area contributed by atoms with E-state index in [1.54, 1.807) is 24.3 Å². The van der Waals surface area contributed by atoms with Crippen LogP contribution in [0.2, 0.25) is 0 Å². The van der Waals surface area contributed by atoms with Crippen molar-refractivity contribution >= 4 is 18.1 Å². The number of aldehydes is 1. The summed E-state index contributed by atoms with van der Waals surface area (Å²) in [7, 11) is 0. The molecule has 7 nitrogen and oxygen atoms in total. The minimum absolute atomic E-state index is 0.114. The average molecular weight is 383 g/mol. The van der Waals surface area contributed by atoms with Crippen LogP contribution in [-0.2, 0) is 20.8 Å². The summed E-state index contributed by atoms with van der Waals surface area (Å²) in [5, 5.41) is 18.4. The van der Waals surface area contributed by atoms with Crippen LogP contribution in [-0.4, -0.2) is 41.8 Å². The molecule has 4 N–H and O–H groups in total. The second-order valence-electron chi connectivity index (χ2n) is 6.36. The van der Waals surface area contributed by atoms with Crippen molar-refractivity contribution in [1.82, 2.24) is 16.0 Å². The van der Waals surface area contributed by atoms with Crippen LogP contribution in [0.4, 0.5) is 0 Å². The van der Waals surface area contributed by atoms with Crippen molar-refractivity contribution in [3.8, 4) is 0 Å². The minimum atomic E-state index is -1.04. The second kappa shape index (κ2) is 11.0. The van der Waals surface area contributed by atoms with E-state index in [0.717, 1.165) is 5.56 Å². The van der Waals surface area contributed by atoms with E-state index in [9.17, 15) is 19.5 Å². The van der Waals surface area contributed by atoms with Gasteiger partial charge in [-0.15, -0.1) is 0 Å². The molecule has 0 aliphatic heterocycles. The highest BCUT2D eigenvalue weighted by molar-refractivity contribution is 5.90. The Morgan fingerprint density at radius 2 is 1.61 bits per heavy atom. The maximum atomic E-state index is 12.8. The van der Waals surface area contributed by atoms with E-state index in [4.69, 9.17) is 0 Å². The third-order valence-electron chi connectivity index (χ3n) is 4.19. The molecule has 2 amide bonds. The number of rotatable bonds is 10. The van der Waals surface area contributed by atoms with Crippen LogP contribution < -0.4 is 16.0 Å². The summed E-state index contributed by atoms with van der Waals surface area (Å²) >= 11 is 0. The lowest BCUT2D eigenvalue weighted by atomic mass is 10.0. The first kappa shape index (κ1) is 21.3. The van der Waals surface area contributed by atoms with Gasteiger partial charge in [0.05, 0.1) is 12.6 Å². The summed E-state index contributed by atoms with van der Waals surface area (Å²) in [5.41, 5.74) is 1.54. The third-order valence-corrected chi connectivity index (χ3v) is 4.19. The van der Waals surface area contributed by atoms with Crippen LogP contribution in [0.25, 0.3) is 0 Å². The molecule has 2 rings (SSSR count). The zero-order chi connectivity index (χ0) is 20.4. The number of hydrogen-bond donors (Lipinski definition) is 4. The van der Waals surface area contributed by atoms with Gasteiger partial charge in [0, 0.05) is 0 Å². The Balaban J connectivity index is 2.09. The number of benzene rings is 2. The molecule has 0 saturated carbocycles. The standard InChI is InChI=1S/C21H25N3O4/c1-15(19(26)22-12-13-25)23-21(28)18(14-16-8-4-2-5-9-16)24-20(27)17-10-6-3-7-11-17/h2-11,13,15,18,20,24,27H,12,14H2,1H3,(H,22,26)(H,23,28)/t15-,18-,20?/m0/s1. The first-order valence-electron chi connectivity index (χ1n) is 9.06. The molecule has 0 heterocycles. The van der Waals surface area contributed by atoms with Crippen LogP contribution in [0.3, 0.4) is 0 Å². The Morgan fingerprint density at radius 3 is 2.21 bits per heavy atom. The number of carbonyl (C=O) groups excluding carboxylic acids is 3. The lowest BCUT2D eigenvalue weighted by Crippen LogP contribution is -2.53. The Bertz CT molecular complexity index is 768. The SMILES string of the molecule is C[C@H](NC(=O)[C@H](Cc1ccccc1)NC(O)c1ccccc1)C(=O)NCC=O. The van der Waals surface area contributed by atoms with Crippen LogP contribution in [0.15, 0.2) is 60.7 Å². The summed E-state index contributed by atoms with van der Waals surface area (Å²) in [4.78, 5) is 35.1. The Morgan fingerprint density at radius 1 is 1.00 bits per heavy atom. The highest BCUT2D eigenvalue weighted by Crippen LogP contribution is 2.12. The van der Waals surface area contributed by atoms with Gasteiger partial charge in [0.15, 0.2) is 0 Å². The topological polar surface area (TPSA) is 108 Å². The van der Waals surface area contributed by atoms with Crippen molar-refractivity contribution < 1.29 is 19.5 Å². The van der Waals surface area contributed by atoms with Gasteiger partial charge < -0.3 is 20.5 Å². The first-order chi connectivity index (χ1) is 13.5. The molecule has 2 aromatic rings. The van der Waals surface area contributed by atoms with Crippen molar-refractivity contribution in [2.45, 2.75) is 31.7 Å². The summed E-state index contributed by atoms with van der Waals surface area (Å²) in [6.45, 7) is 1.42. The number of hydrogen-bond acceptors (Lipinski definition) is 5. The van der Waals surface area contributed by atoms with Gasteiger partial charge in [0.2, 0.25) is 11.8 Å². The van der Waals surface area contributed by atoms with E-state index in [-0.39, 0.29) is 6.54 Å². The zero-order valence-electron chi connectivity index (χ0n) is 15.7. The fourth-order valence-corrected chi connectivity index (χ4v) is 2.67. The van der Waals surface area contributed by atoms with Gasteiger partial charge in [-0.2, -0.15) is 0 Å². The normalized spacial score (nSPS) is 13.8. The molecule has 0 spiro atoms. The molecule has 3 atom stereocenters. The number of carbonyl (C=O) groups is 3. The lowest BCUT2D eigenvalue weighted by Gasteiger charge is -2.24. The van der Waals surface area contributed by atoms with Gasteiger partial charge in [-0.3, -0.25) is 14.9 Å². The van der Waals surface area contributed by atoms with Gasteiger partial charge in [0.1, 0.15) is 18.6 Å². The second-order valence-corrected chi connectivity index (χ2v) is 6.36. The molecule has 0 bridgehead atoms. The van der Waals surface area contributed by atoms with E-state index in [1.165, 1.54) is 6.92 Å². The maximum Gasteiger partial charge on any atom is 0.242 e. The van der Waals surface area contributed by atoms with E-state index < -0.39 is 30.1 Å². The molecule has 0 fully saturated rings. The number of nitrogens with one attached hydrogen (secondary N) is 3. The van der Waals surface area contributed by atoms with Crippen molar-refractivity contribution in [2.75, 3.05) is 6.54 Å². The maximum absolute atomic E-state index is 12.8. The van der Waals surface area contributed by atoms with Crippen molar-refractivity contribution in [3.05, 3.63) is 71.8 Å². The predicted octanol–water partition coefficient (Wildman–Crippen LogP) is 0.698. The van der Waals surface area contributed by atoms with Crippen LogP contribution in [0, 0.1) is 0 Å². The van der Waals surface area contributed by atoms with E-state index >= 15 is 0 Å². The fraction of sp³-hybridized carbons (Fsp3) is 0.286. The van der Waals surface area contributed by atoms with Gasteiger partial charge in [0.25, 0.3) is 0 Å². The monoisotopic (exact) mass is 383 g/mol. The third kappa shape index (κ3) is 6.61. The Kier molecular flexibility index (Phi) is 8.33. The van der Waals surface area contributed by atoms with Gasteiger partial charge in [-0.1, -0.05) is 60.7 Å². The average Bonchev–Trinajstić information content (AvgIpc) is 2.72. The fourth-order valence-electron chi connectivity index (χ4n) is 2.67. The van der Waals surface area contributed by atoms with Crippen LogP contribution in [0.5, 0.6) is 0 Å². The predicted molar refractivity (Wildman–Crippen MR) is 105 cm³/mol. The zero-order valence-corrected chi connectivity index (χ0v) is 15.7. The molecular weight excluding hydrogens is 358 g/mol. The molecule has 28 heavy (non-hydrogen) atoms. The van der Waals surface area contributed by atoms with Crippen LogP contribution in [0.1, 0.15) is 24.3 Å². The molecule has 2 aromatic carbocycles. The summed E-state index contributed by atoms with van der Waals surface area (Å²) in [5.74, 6) is -0.880. The molecule has 7 heteroatoms. The van der Waals surface area contributed by atoms with Crippen LogP contribution >= 0.6 is 0 Å². The lowest BCUT2D eigenvalue weighted by molar-refractivity contribution is -0.130. The Hall–Kier alpha value is -3.03. The molecule has 0 aliphatic rings. The van der Waals surface area contributed by atoms with Crippen molar-refractivity contribution in [2.24, 2.45) is 0 Å². The molecular formula is C21H25N3O4. The van der Waals surface area contributed by atoms with E-state index in [2.05, 4.69) is 16.0 Å². The number of aliphatic hydroxyl groups excluding tert-OH is 1. The largest absolute Gasteiger partial charge is 0.374 e. The van der Waals surface area contributed by atoms with Crippen molar-refractivity contribution in [3.63, 3.8) is 0 Å². The van der Waals surface area contributed by atoms with E-state index in [0.29, 0.717) is 18.3 Å². The molecule has 0 saturated heterocycles. The van der Waals surface area contributed by atoms with Gasteiger partial charge >= 0.3 is 0 Å². The summed E-state index contributed by atoms with van der Waals surface area (Å²) in [6, 6.07) is 16.7. The smallest absolute Gasteiger partial charge is 0.242 e. The quantitative estimate of drug-likeness (QED) is 0.357. The summed E-state index contributed by atoms with van der Waals surface area (Å²) < 4.78 is 0. The van der Waals surface area contributed by atoms with Gasteiger partial charge in [-0.05, 0) is 24.5 Å². The first-order valence-corrected chi connectivity index (χ1v) is 9.06. The molecule has 148 valence electrons. The van der Waals surface area contributed by atoms with Crippen molar-refractivity contribution in [1.29, 1.82) is 0 Å². The van der Waals surface area contributed by atoms with E-state index in [1.807, 2.05) is 36.4 Å².